The molecule has 0 N–H and O–H groups in total. The summed E-state index contributed by atoms with van der Waals surface area (Å²) in [4.78, 5) is 42.1. The molecule has 0 saturated carbocycles. The number of fused-ring (bicyclic) bond motifs is 20. The van der Waals surface area contributed by atoms with Crippen molar-refractivity contribution >= 4 is 166 Å². The van der Waals surface area contributed by atoms with Gasteiger partial charge < -0.3 is 13.7 Å². The van der Waals surface area contributed by atoms with Crippen LogP contribution in [0, 0.1) is 0 Å². The summed E-state index contributed by atoms with van der Waals surface area (Å²) in [6.45, 7) is 0. The van der Waals surface area contributed by atoms with E-state index in [2.05, 4.69) is 42.5 Å². The number of rotatable bonds is 12. The fourth-order valence-corrected chi connectivity index (χ4v) is 29.2. The number of aliphatic imine (C=N–C) groups is 7. The van der Waals surface area contributed by atoms with Crippen molar-refractivity contribution < 1.29 is 18.3 Å². The fourth-order valence-electron chi connectivity index (χ4n) is 17.0. The van der Waals surface area contributed by atoms with Crippen molar-refractivity contribution in [1.82, 2.24) is 4.67 Å². The molecule has 530 valence electrons. The molecular formula is C96H62N8O4P4. The molecule has 0 spiro atoms. The van der Waals surface area contributed by atoms with Gasteiger partial charge in [0.1, 0.15) is 0 Å². The first kappa shape index (κ1) is 67.1. The maximum absolute atomic E-state index is 19.8. The molecule has 5 aliphatic heterocycles. The largest absolute Gasteiger partial charge is 0.309 e. The van der Waals surface area contributed by atoms with Crippen LogP contribution in [0.15, 0.2) is 411 Å². The minimum Gasteiger partial charge on any atom is -0.309 e. The van der Waals surface area contributed by atoms with Gasteiger partial charge in [-0.1, -0.05) is 315 Å². The first-order valence-electron chi connectivity index (χ1n) is 37.0. The monoisotopic (exact) mass is 1510 g/mol. The first-order valence-corrected chi connectivity index (χ1v) is 43.8. The van der Waals surface area contributed by atoms with Gasteiger partial charge in [-0.15, -0.1) is 0 Å². The van der Waals surface area contributed by atoms with Crippen molar-refractivity contribution in [2.24, 2.45) is 34.9 Å². The number of hydrogen-bond acceptors (Lipinski definition) is 11. The molecule has 5 heterocycles. The number of hydrogen-bond donors (Lipinski definition) is 0. The van der Waals surface area contributed by atoms with E-state index in [-0.39, 0.29) is 56.7 Å². The zero-order chi connectivity index (χ0) is 74.9. The van der Waals surface area contributed by atoms with E-state index in [4.69, 9.17) is 34.9 Å². The van der Waals surface area contributed by atoms with Crippen molar-refractivity contribution in [3.63, 3.8) is 0 Å². The minimum atomic E-state index is -4.89. The van der Waals surface area contributed by atoms with Crippen LogP contribution in [-0.4, -0.2) is 45.5 Å². The summed E-state index contributed by atoms with van der Waals surface area (Å²) in [6.07, 6.45) is 0. The zero-order valence-electron chi connectivity index (χ0n) is 59.8. The van der Waals surface area contributed by atoms with E-state index < -0.39 is 34.1 Å². The van der Waals surface area contributed by atoms with Crippen molar-refractivity contribution in [2.75, 3.05) is 0 Å². The molecule has 112 heavy (non-hydrogen) atoms. The highest BCUT2D eigenvalue weighted by atomic mass is 31.2. The van der Waals surface area contributed by atoms with Crippen LogP contribution in [0.25, 0.3) is 43.1 Å². The third kappa shape index (κ3) is 10.1. The van der Waals surface area contributed by atoms with Crippen molar-refractivity contribution in [1.29, 1.82) is 0 Å². The Hall–Kier alpha value is -13.0. The summed E-state index contributed by atoms with van der Waals surface area (Å²) in [7, 11) is -18.2. The topological polar surface area (TPSA) is 158 Å². The van der Waals surface area contributed by atoms with Crippen LogP contribution in [0.4, 0.5) is 0 Å². The Morgan fingerprint density at radius 1 is 0.241 bits per heavy atom. The van der Waals surface area contributed by atoms with E-state index in [9.17, 15) is 0 Å². The lowest BCUT2D eigenvalue weighted by molar-refractivity contribution is 0.550. The molecule has 16 heteroatoms. The Bertz CT molecular complexity index is 6950. The van der Waals surface area contributed by atoms with Crippen LogP contribution in [-0.2, 0) is 23.7 Å². The summed E-state index contributed by atoms with van der Waals surface area (Å²) < 4.78 is 78.3. The Labute approximate surface area is 645 Å². The Kier molecular flexibility index (Phi) is 15.6. The number of nitrogens with zero attached hydrogens (tertiary/aromatic N) is 8. The highest BCUT2D eigenvalue weighted by Crippen LogP contribution is 2.69. The number of benzene rings is 16. The van der Waals surface area contributed by atoms with Crippen LogP contribution in [0.1, 0.15) is 44.5 Å². The molecule has 0 fully saturated rings. The van der Waals surface area contributed by atoms with Gasteiger partial charge in [0.25, 0.3) is 0 Å². The van der Waals surface area contributed by atoms with Gasteiger partial charge in [-0.05, 0) is 104 Å². The highest BCUT2D eigenvalue weighted by Gasteiger charge is 2.62. The average Bonchev–Trinajstić information content (AvgIpc) is 1.45. The molecule has 21 rings (SSSR count). The lowest BCUT2D eigenvalue weighted by Gasteiger charge is -2.37. The Morgan fingerprint density at radius 2 is 0.500 bits per heavy atom. The van der Waals surface area contributed by atoms with Gasteiger partial charge in [-0.25, -0.2) is 34.9 Å². The summed E-state index contributed by atoms with van der Waals surface area (Å²) in [5, 5.41) is 7.63. The highest BCUT2D eigenvalue weighted by molar-refractivity contribution is 7.87. The summed E-state index contributed by atoms with van der Waals surface area (Å²) >= 11 is 0. The lowest BCUT2D eigenvalue weighted by Crippen LogP contribution is -2.41. The van der Waals surface area contributed by atoms with Gasteiger partial charge in [0, 0.05) is 97.6 Å². The van der Waals surface area contributed by atoms with Crippen molar-refractivity contribution in [3.8, 4) is 0 Å². The van der Waals surface area contributed by atoms with Crippen LogP contribution in [0.5, 0.6) is 0 Å². The summed E-state index contributed by atoms with van der Waals surface area (Å²) in [5.41, 5.74) is 3.74. The van der Waals surface area contributed by atoms with Gasteiger partial charge in [0.15, 0.2) is 62.3 Å². The van der Waals surface area contributed by atoms with Crippen LogP contribution in [0.2, 0.25) is 0 Å². The third-order valence-corrected chi connectivity index (χ3v) is 34.7. The molecule has 5 aliphatic rings. The van der Waals surface area contributed by atoms with Gasteiger partial charge in [0.05, 0.1) is 0 Å². The molecule has 0 saturated heterocycles. The maximum atomic E-state index is 19.8. The molecule has 0 aliphatic carbocycles. The van der Waals surface area contributed by atoms with E-state index in [1.54, 1.807) is 0 Å². The van der Waals surface area contributed by atoms with Crippen LogP contribution >= 0.6 is 28.7 Å². The molecule has 12 nitrogen and oxygen atoms in total. The molecule has 0 aromatic heterocycles. The second kappa shape index (κ2) is 26.1. The minimum absolute atomic E-state index is 0.0727. The van der Waals surface area contributed by atoms with Crippen molar-refractivity contribution in [2.45, 2.75) is 5.40 Å². The SMILES string of the molecule is O=P(c1ccccc1)(c1ccccc1)c1c2c(c(P(=O)(c3ccccc3)c3ccccc3)c3ccccc13)C1(P(=O)(c3ccccc3)c3ccccc3)N=C3N=C(N=C4N=C(c5cc6ccccc6cc54)N(P(=O)(c4ccccc4)c4ccccc4)C4=NC(=NC2=N1)c1cc2ccccc2cc14)c1cc2ccccc2cc13. The second-order valence-electron chi connectivity index (χ2n) is 28.3. The van der Waals surface area contributed by atoms with E-state index >= 15 is 18.3 Å². The quantitative estimate of drug-likeness (QED) is 0.111. The van der Waals surface area contributed by atoms with E-state index in [1.165, 1.54) is 0 Å². The Balaban J connectivity index is 1.04. The van der Waals surface area contributed by atoms with Gasteiger partial charge in [-0.3, -0.25) is 9.24 Å². The van der Waals surface area contributed by atoms with E-state index in [0.717, 1.165) is 32.3 Å². The van der Waals surface area contributed by atoms with Crippen LogP contribution < -0.4 is 53.0 Å². The smallest absolute Gasteiger partial charge is 0.241 e. The van der Waals surface area contributed by atoms with Crippen LogP contribution in [0.3, 0.4) is 0 Å². The second-order valence-corrected chi connectivity index (χ2v) is 39.2. The molecule has 0 radical (unpaired) electrons. The lowest BCUT2D eigenvalue weighted by atomic mass is 9.98. The van der Waals surface area contributed by atoms with Crippen molar-refractivity contribution in [3.05, 3.63) is 421 Å². The molecule has 8 bridgehead atoms. The third-order valence-electron chi connectivity index (χ3n) is 22.1. The summed E-state index contributed by atoms with van der Waals surface area (Å²) in [5.74, 6) is 1.12. The molecule has 0 amide bonds. The first-order chi connectivity index (χ1) is 55.0. The maximum Gasteiger partial charge on any atom is 0.241 e. The predicted octanol–water partition coefficient (Wildman–Crippen LogP) is 17.3. The molecule has 1 unspecified atom stereocenters. The normalized spacial score (nSPS) is 15.7. The average molecular weight is 1520 g/mol. The standard InChI is InChI=1S/C96H62N8O4P4/c105-109(69-39-9-1-10-40-69,70-41-11-2-12-42-70)87-77-55-31-32-56-78(77)88(110(106,71-43-13-3-14-44-71)72-45-15-4-16-46-72)86-85(87)93-99-91-82-60-66-36-28-30-38-68(66)62-84(82)95(101-91)104(112(108,75-51-21-7-22-52-75)76-53-23-8-24-54-76)94-83-61-67-37-29-27-35-65(67)59-81(83)90(100-94)97-89-79-57-63-33-25-26-34-64(63)58-80(79)92(98-89)102-96(86,103-93)111(107,73-47-17-5-18-48-73)74-49-19-6-20-50-74/h1-62H. The molecule has 1 atom stereocenters. The zero-order valence-corrected chi connectivity index (χ0v) is 63.4. The fraction of sp³-hybridized carbons (Fsp3) is 0.0104. The summed E-state index contributed by atoms with van der Waals surface area (Å²) in [6, 6.07) is 120. The van der Waals surface area contributed by atoms with Gasteiger partial charge >= 0.3 is 0 Å². The molecular weight excluding hydrogens is 1450 g/mol. The Morgan fingerprint density at radius 3 is 0.875 bits per heavy atom. The molecule has 16 aromatic carbocycles. The van der Waals surface area contributed by atoms with Gasteiger partial charge in [0.2, 0.25) is 12.7 Å². The van der Waals surface area contributed by atoms with Gasteiger partial charge in [-0.2, -0.15) is 0 Å². The number of amidine groups is 7. The van der Waals surface area contributed by atoms with E-state index in [0.29, 0.717) is 92.4 Å². The molecule has 16 aromatic rings. The predicted molar refractivity (Wildman–Crippen MR) is 463 cm³/mol. The van der Waals surface area contributed by atoms with E-state index in [1.807, 2.05) is 338 Å².